The molecule has 2 unspecified atom stereocenters. The Hall–Kier alpha value is -1.14. The van der Waals surface area contributed by atoms with Crippen LogP contribution in [0.4, 0.5) is 0 Å². The number of methoxy groups -OCH3 is 1. The molecule has 0 radical (unpaired) electrons. The van der Waals surface area contributed by atoms with E-state index in [-0.39, 0.29) is 23.8 Å². The highest BCUT2D eigenvalue weighted by molar-refractivity contribution is 5.89. The third-order valence-electron chi connectivity index (χ3n) is 3.89. The lowest BCUT2D eigenvalue weighted by Crippen LogP contribution is -2.37. The Morgan fingerprint density at radius 2 is 2.40 bits per heavy atom. The van der Waals surface area contributed by atoms with E-state index in [0.29, 0.717) is 32.7 Å². The summed E-state index contributed by atoms with van der Waals surface area (Å²) in [5.74, 6) is -0.173. The molecular formula is C14H24N2O4. The molecule has 0 aromatic carbocycles. The number of likely N-dealkylation sites (tertiary alicyclic amines) is 1. The lowest BCUT2D eigenvalue weighted by Gasteiger charge is -2.17. The minimum atomic E-state index is -0.216. The molecule has 2 rings (SSSR count). The van der Waals surface area contributed by atoms with Crippen LogP contribution in [0.25, 0.3) is 0 Å². The topological polar surface area (TPSA) is 67.9 Å². The first-order valence-electron chi connectivity index (χ1n) is 7.36. The molecule has 20 heavy (non-hydrogen) atoms. The molecule has 0 bridgehead atoms. The van der Waals surface area contributed by atoms with Gasteiger partial charge >= 0.3 is 0 Å². The molecule has 2 amide bonds. The number of hydrogen-bond acceptors (Lipinski definition) is 4. The van der Waals surface area contributed by atoms with Crippen LogP contribution in [-0.4, -0.2) is 62.8 Å². The molecule has 2 aliphatic rings. The van der Waals surface area contributed by atoms with Crippen LogP contribution >= 0.6 is 0 Å². The summed E-state index contributed by atoms with van der Waals surface area (Å²) < 4.78 is 10.4. The van der Waals surface area contributed by atoms with Gasteiger partial charge in [-0.2, -0.15) is 0 Å². The number of carbonyl (C=O) groups excluding carboxylic acids is 2. The van der Waals surface area contributed by atoms with Crippen molar-refractivity contribution in [3.63, 3.8) is 0 Å². The van der Waals surface area contributed by atoms with Crippen LogP contribution in [0.2, 0.25) is 0 Å². The summed E-state index contributed by atoms with van der Waals surface area (Å²) in [5.41, 5.74) is 0. The van der Waals surface area contributed by atoms with E-state index in [0.717, 1.165) is 25.9 Å². The predicted octanol–water partition coefficient (Wildman–Crippen LogP) is 0.167. The Kier molecular flexibility index (Phi) is 5.79. The van der Waals surface area contributed by atoms with Gasteiger partial charge in [-0.25, -0.2) is 0 Å². The molecule has 0 saturated carbocycles. The van der Waals surface area contributed by atoms with Gasteiger partial charge in [0.05, 0.1) is 12.0 Å². The standard InChI is InChI=1S/C14H24N2O4/c1-19-6-3-5-16-10-11(8-13(16)17)14(18)15-9-12-4-2-7-20-12/h11-12H,2-10H2,1H3,(H,15,18). The van der Waals surface area contributed by atoms with Gasteiger partial charge in [0.2, 0.25) is 11.8 Å². The first-order chi connectivity index (χ1) is 9.70. The smallest absolute Gasteiger partial charge is 0.225 e. The van der Waals surface area contributed by atoms with Gasteiger partial charge < -0.3 is 19.7 Å². The summed E-state index contributed by atoms with van der Waals surface area (Å²) in [6.07, 6.45) is 3.36. The minimum Gasteiger partial charge on any atom is -0.385 e. The van der Waals surface area contributed by atoms with Crippen LogP contribution in [0.3, 0.4) is 0 Å². The maximum absolute atomic E-state index is 12.1. The van der Waals surface area contributed by atoms with Crippen LogP contribution in [0.15, 0.2) is 0 Å². The fourth-order valence-corrected chi connectivity index (χ4v) is 2.73. The Morgan fingerprint density at radius 1 is 1.55 bits per heavy atom. The maximum Gasteiger partial charge on any atom is 0.225 e. The number of carbonyl (C=O) groups is 2. The Labute approximate surface area is 119 Å². The molecule has 6 nitrogen and oxygen atoms in total. The van der Waals surface area contributed by atoms with Gasteiger partial charge in [-0.15, -0.1) is 0 Å². The number of hydrogen-bond donors (Lipinski definition) is 1. The van der Waals surface area contributed by atoms with Gasteiger partial charge in [-0.1, -0.05) is 0 Å². The van der Waals surface area contributed by atoms with Crippen molar-refractivity contribution in [1.82, 2.24) is 10.2 Å². The van der Waals surface area contributed by atoms with Crippen molar-refractivity contribution in [1.29, 1.82) is 0 Å². The molecule has 1 N–H and O–H groups in total. The third kappa shape index (κ3) is 4.18. The highest BCUT2D eigenvalue weighted by Gasteiger charge is 2.34. The molecule has 114 valence electrons. The van der Waals surface area contributed by atoms with Crippen molar-refractivity contribution < 1.29 is 19.1 Å². The van der Waals surface area contributed by atoms with Crippen LogP contribution in [0.5, 0.6) is 0 Å². The summed E-state index contributed by atoms with van der Waals surface area (Å²) in [6, 6.07) is 0. The molecule has 2 saturated heterocycles. The van der Waals surface area contributed by atoms with Crippen molar-refractivity contribution in [3.8, 4) is 0 Å². The largest absolute Gasteiger partial charge is 0.385 e. The van der Waals surface area contributed by atoms with Crippen molar-refractivity contribution in [3.05, 3.63) is 0 Å². The normalized spacial score (nSPS) is 26.2. The van der Waals surface area contributed by atoms with Gasteiger partial charge in [-0.3, -0.25) is 9.59 Å². The number of nitrogens with one attached hydrogen (secondary N) is 1. The lowest BCUT2D eigenvalue weighted by atomic mass is 10.1. The van der Waals surface area contributed by atoms with Gasteiger partial charge in [-0.05, 0) is 19.3 Å². The summed E-state index contributed by atoms with van der Waals surface area (Å²) >= 11 is 0. The molecular weight excluding hydrogens is 260 g/mol. The van der Waals surface area contributed by atoms with E-state index in [2.05, 4.69) is 5.32 Å². The number of ether oxygens (including phenoxy) is 2. The quantitative estimate of drug-likeness (QED) is 0.677. The van der Waals surface area contributed by atoms with Gasteiger partial charge in [0.25, 0.3) is 0 Å². The second-order valence-corrected chi connectivity index (χ2v) is 5.47. The number of amides is 2. The van der Waals surface area contributed by atoms with Crippen molar-refractivity contribution in [2.24, 2.45) is 5.92 Å². The monoisotopic (exact) mass is 284 g/mol. The second kappa shape index (κ2) is 7.59. The summed E-state index contributed by atoms with van der Waals surface area (Å²) in [6.45, 7) is 3.19. The van der Waals surface area contributed by atoms with Crippen molar-refractivity contribution in [2.75, 3.05) is 40.0 Å². The first kappa shape index (κ1) is 15.3. The minimum absolute atomic E-state index is 0.0249. The molecule has 2 aliphatic heterocycles. The molecule has 0 aliphatic carbocycles. The molecule has 6 heteroatoms. The maximum atomic E-state index is 12.1. The van der Waals surface area contributed by atoms with E-state index >= 15 is 0 Å². The number of nitrogens with zero attached hydrogens (tertiary/aromatic N) is 1. The highest BCUT2D eigenvalue weighted by Crippen LogP contribution is 2.18. The number of rotatable bonds is 7. The first-order valence-corrected chi connectivity index (χ1v) is 7.36. The summed E-state index contributed by atoms with van der Waals surface area (Å²) in [5, 5.41) is 2.91. The summed E-state index contributed by atoms with van der Waals surface area (Å²) in [4.78, 5) is 25.6. The van der Waals surface area contributed by atoms with Crippen LogP contribution in [-0.2, 0) is 19.1 Å². The fourth-order valence-electron chi connectivity index (χ4n) is 2.73. The van der Waals surface area contributed by atoms with Gasteiger partial charge in [0.1, 0.15) is 0 Å². The van der Waals surface area contributed by atoms with Crippen LogP contribution in [0.1, 0.15) is 25.7 Å². The molecule has 0 aromatic heterocycles. The Morgan fingerprint density at radius 3 is 3.10 bits per heavy atom. The molecule has 2 fully saturated rings. The zero-order valence-corrected chi connectivity index (χ0v) is 12.1. The molecule has 0 spiro atoms. The Bertz CT molecular complexity index is 342. The highest BCUT2D eigenvalue weighted by atomic mass is 16.5. The fraction of sp³-hybridized carbons (Fsp3) is 0.857. The summed E-state index contributed by atoms with van der Waals surface area (Å²) in [7, 11) is 1.65. The SMILES string of the molecule is COCCCN1CC(C(=O)NCC2CCCO2)CC1=O. The average Bonchev–Trinajstić information content (AvgIpc) is 3.07. The lowest BCUT2D eigenvalue weighted by molar-refractivity contribution is -0.129. The van der Waals surface area contributed by atoms with Crippen molar-refractivity contribution >= 4 is 11.8 Å². The molecule has 0 aromatic rings. The zero-order valence-electron chi connectivity index (χ0n) is 12.1. The van der Waals surface area contributed by atoms with E-state index in [4.69, 9.17) is 9.47 Å². The average molecular weight is 284 g/mol. The molecule has 2 heterocycles. The predicted molar refractivity (Wildman–Crippen MR) is 73.2 cm³/mol. The van der Waals surface area contributed by atoms with E-state index in [1.54, 1.807) is 12.0 Å². The van der Waals surface area contributed by atoms with E-state index < -0.39 is 0 Å². The second-order valence-electron chi connectivity index (χ2n) is 5.47. The van der Waals surface area contributed by atoms with E-state index in [1.165, 1.54) is 0 Å². The third-order valence-corrected chi connectivity index (χ3v) is 3.89. The van der Waals surface area contributed by atoms with E-state index in [1.807, 2.05) is 0 Å². The van der Waals surface area contributed by atoms with Crippen LogP contribution in [0, 0.1) is 5.92 Å². The van der Waals surface area contributed by atoms with Crippen LogP contribution < -0.4 is 5.32 Å². The Balaban J connectivity index is 1.69. The van der Waals surface area contributed by atoms with Gasteiger partial charge in [0, 0.05) is 46.4 Å². The molecule has 2 atom stereocenters. The van der Waals surface area contributed by atoms with Gasteiger partial charge in [0.15, 0.2) is 0 Å². The zero-order chi connectivity index (χ0) is 14.4. The van der Waals surface area contributed by atoms with E-state index in [9.17, 15) is 9.59 Å². The van der Waals surface area contributed by atoms with Crippen molar-refractivity contribution in [2.45, 2.75) is 31.8 Å².